The number of para-hydroxylation sites is 1. The maximum Gasteiger partial charge on any atom is 0.331 e. The van der Waals surface area contributed by atoms with Gasteiger partial charge in [-0.1, -0.05) is 32.9 Å². The number of unbranched alkanes of at least 4 members (excludes halogenated alkanes) is 1. The van der Waals surface area contributed by atoms with Gasteiger partial charge < -0.3 is 10.6 Å². The highest BCUT2D eigenvalue weighted by atomic mass is 16.2. The second-order valence-electron chi connectivity index (χ2n) is 8.18. The predicted octanol–water partition coefficient (Wildman–Crippen LogP) is 2.02. The van der Waals surface area contributed by atoms with Crippen molar-refractivity contribution in [3.63, 3.8) is 0 Å². The number of fused-ring (bicyclic) bond motifs is 1. The molecule has 0 aliphatic rings. The zero-order chi connectivity index (χ0) is 22.8. The van der Waals surface area contributed by atoms with Crippen LogP contribution in [0.5, 0.6) is 0 Å². The number of carbonyl (C=O) groups is 2. The average molecular weight is 431 g/mol. The molecular formula is C23H34N4O4. The first-order chi connectivity index (χ1) is 14.8. The molecule has 0 saturated carbocycles. The molecule has 2 aromatic rings. The Kier molecular flexibility index (Phi) is 9.49. The van der Waals surface area contributed by atoms with E-state index < -0.39 is 5.69 Å². The van der Waals surface area contributed by atoms with Crippen molar-refractivity contribution < 1.29 is 9.59 Å². The highest BCUT2D eigenvalue weighted by Crippen LogP contribution is 2.08. The second kappa shape index (κ2) is 12.1. The summed E-state index contributed by atoms with van der Waals surface area (Å²) in [6, 6.07) is 6.82. The summed E-state index contributed by atoms with van der Waals surface area (Å²) in [5, 5.41) is 6.05. The summed E-state index contributed by atoms with van der Waals surface area (Å²) in [7, 11) is 0. The molecule has 1 heterocycles. The number of nitrogens with zero attached hydrogens (tertiary/aromatic N) is 2. The molecule has 0 aliphatic carbocycles. The van der Waals surface area contributed by atoms with E-state index in [2.05, 4.69) is 24.5 Å². The number of amides is 2. The van der Waals surface area contributed by atoms with Gasteiger partial charge in [-0.2, -0.15) is 0 Å². The molecule has 31 heavy (non-hydrogen) atoms. The summed E-state index contributed by atoms with van der Waals surface area (Å²) in [6.07, 6.45) is 3.18. The molecule has 1 aromatic carbocycles. The number of hydrogen-bond acceptors (Lipinski definition) is 4. The molecule has 0 atom stereocenters. The Morgan fingerprint density at radius 2 is 1.68 bits per heavy atom. The maximum absolute atomic E-state index is 13.0. The van der Waals surface area contributed by atoms with Crippen LogP contribution in [0.4, 0.5) is 0 Å². The van der Waals surface area contributed by atoms with Crippen LogP contribution in [-0.4, -0.2) is 34.0 Å². The van der Waals surface area contributed by atoms with E-state index >= 15 is 0 Å². The van der Waals surface area contributed by atoms with Gasteiger partial charge in [0.05, 0.1) is 10.9 Å². The number of aromatic nitrogens is 2. The van der Waals surface area contributed by atoms with Crippen molar-refractivity contribution in [2.24, 2.45) is 5.92 Å². The molecule has 8 heteroatoms. The lowest BCUT2D eigenvalue weighted by atomic mass is 10.1. The lowest BCUT2D eigenvalue weighted by molar-refractivity contribution is -0.122. The zero-order valence-electron chi connectivity index (χ0n) is 18.8. The molecular weight excluding hydrogens is 396 g/mol. The first-order valence-electron chi connectivity index (χ1n) is 11.1. The lowest BCUT2D eigenvalue weighted by Gasteiger charge is -2.14. The van der Waals surface area contributed by atoms with E-state index in [1.807, 2.05) is 6.92 Å². The largest absolute Gasteiger partial charge is 0.356 e. The zero-order valence-corrected chi connectivity index (χ0v) is 18.8. The molecule has 2 N–H and O–H groups in total. The van der Waals surface area contributed by atoms with Crippen molar-refractivity contribution in [1.29, 1.82) is 0 Å². The SMILES string of the molecule is CCCNC(=O)Cn1c(=O)n(CCCCC(=O)NCCC(C)C)c(=O)c2ccccc21. The third-order valence-electron chi connectivity index (χ3n) is 5.09. The third kappa shape index (κ3) is 7.08. The van der Waals surface area contributed by atoms with Crippen LogP contribution >= 0.6 is 0 Å². The predicted molar refractivity (Wildman–Crippen MR) is 122 cm³/mol. The van der Waals surface area contributed by atoms with Crippen molar-refractivity contribution >= 4 is 22.7 Å². The van der Waals surface area contributed by atoms with Gasteiger partial charge >= 0.3 is 5.69 Å². The van der Waals surface area contributed by atoms with Gasteiger partial charge in [0.2, 0.25) is 11.8 Å². The third-order valence-corrected chi connectivity index (χ3v) is 5.09. The van der Waals surface area contributed by atoms with Gasteiger partial charge in [-0.3, -0.25) is 23.5 Å². The molecule has 0 radical (unpaired) electrons. The summed E-state index contributed by atoms with van der Waals surface area (Å²) in [5.74, 6) is 0.250. The minimum Gasteiger partial charge on any atom is -0.356 e. The Hall–Kier alpha value is -2.90. The van der Waals surface area contributed by atoms with Crippen LogP contribution in [0, 0.1) is 5.92 Å². The van der Waals surface area contributed by atoms with Crippen LogP contribution < -0.4 is 21.9 Å². The molecule has 2 amide bonds. The second-order valence-corrected chi connectivity index (χ2v) is 8.18. The van der Waals surface area contributed by atoms with Crippen molar-refractivity contribution in [3.8, 4) is 0 Å². The van der Waals surface area contributed by atoms with Crippen molar-refractivity contribution in [3.05, 3.63) is 45.1 Å². The average Bonchev–Trinajstić information content (AvgIpc) is 2.74. The Morgan fingerprint density at radius 3 is 2.39 bits per heavy atom. The standard InChI is InChI=1S/C23H34N4O4/c1-4-13-24-21(29)16-27-19-10-6-5-9-18(19)22(30)26(23(27)31)15-8-7-11-20(28)25-14-12-17(2)3/h5-6,9-10,17H,4,7-8,11-16H2,1-3H3,(H,24,29)(H,25,28). The molecule has 2 rings (SSSR count). The fourth-order valence-corrected chi connectivity index (χ4v) is 3.33. The van der Waals surface area contributed by atoms with E-state index in [-0.39, 0.29) is 30.5 Å². The van der Waals surface area contributed by atoms with Crippen molar-refractivity contribution in [2.75, 3.05) is 13.1 Å². The van der Waals surface area contributed by atoms with Crippen LogP contribution in [-0.2, 0) is 22.7 Å². The Bertz CT molecular complexity index is 1010. The quantitative estimate of drug-likeness (QED) is 0.503. The topological polar surface area (TPSA) is 102 Å². The smallest absolute Gasteiger partial charge is 0.331 e. The van der Waals surface area contributed by atoms with E-state index in [1.165, 1.54) is 9.13 Å². The minimum atomic E-state index is -0.503. The summed E-state index contributed by atoms with van der Waals surface area (Å²) in [5.41, 5.74) is -0.422. The van der Waals surface area contributed by atoms with Gasteiger partial charge in [0.25, 0.3) is 5.56 Å². The van der Waals surface area contributed by atoms with Crippen molar-refractivity contribution in [2.45, 2.75) is 66.0 Å². The number of rotatable bonds is 12. The Balaban J connectivity index is 2.11. The van der Waals surface area contributed by atoms with Gasteiger partial charge in [0, 0.05) is 26.1 Å². The monoisotopic (exact) mass is 430 g/mol. The summed E-state index contributed by atoms with van der Waals surface area (Å²) >= 11 is 0. The molecule has 0 unspecified atom stereocenters. The van der Waals surface area contributed by atoms with E-state index in [9.17, 15) is 19.2 Å². The van der Waals surface area contributed by atoms with Gasteiger partial charge in [0.15, 0.2) is 0 Å². The summed E-state index contributed by atoms with van der Waals surface area (Å²) in [4.78, 5) is 50.0. The molecule has 0 saturated heterocycles. The number of carbonyl (C=O) groups excluding carboxylic acids is 2. The fraction of sp³-hybridized carbons (Fsp3) is 0.565. The highest BCUT2D eigenvalue weighted by Gasteiger charge is 2.15. The van der Waals surface area contributed by atoms with E-state index in [1.54, 1.807) is 24.3 Å². The lowest BCUT2D eigenvalue weighted by Crippen LogP contribution is -2.42. The number of benzene rings is 1. The Labute approximate surface area is 182 Å². The molecule has 1 aromatic heterocycles. The van der Waals surface area contributed by atoms with Gasteiger partial charge in [-0.05, 0) is 43.7 Å². The van der Waals surface area contributed by atoms with Crippen LogP contribution in [0.1, 0.15) is 52.9 Å². The minimum absolute atomic E-state index is 0.0171. The fourth-order valence-electron chi connectivity index (χ4n) is 3.33. The summed E-state index contributed by atoms with van der Waals surface area (Å²) < 4.78 is 2.52. The van der Waals surface area contributed by atoms with Gasteiger partial charge in [0.1, 0.15) is 6.54 Å². The molecule has 0 fully saturated rings. The maximum atomic E-state index is 13.0. The molecule has 0 aliphatic heterocycles. The summed E-state index contributed by atoms with van der Waals surface area (Å²) in [6.45, 7) is 7.42. The Morgan fingerprint density at radius 1 is 0.968 bits per heavy atom. The van der Waals surface area contributed by atoms with Crippen molar-refractivity contribution in [1.82, 2.24) is 19.8 Å². The normalized spacial score (nSPS) is 11.1. The van der Waals surface area contributed by atoms with E-state index in [0.717, 1.165) is 12.8 Å². The van der Waals surface area contributed by atoms with Crippen LogP contribution in [0.2, 0.25) is 0 Å². The molecule has 170 valence electrons. The van der Waals surface area contributed by atoms with Gasteiger partial charge in [-0.15, -0.1) is 0 Å². The highest BCUT2D eigenvalue weighted by molar-refractivity contribution is 5.81. The van der Waals surface area contributed by atoms with Crippen LogP contribution in [0.25, 0.3) is 10.9 Å². The molecule has 8 nitrogen and oxygen atoms in total. The van der Waals surface area contributed by atoms with Crippen LogP contribution in [0.15, 0.2) is 33.9 Å². The number of hydrogen-bond donors (Lipinski definition) is 2. The number of nitrogens with one attached hydrogen (secondary N) is 2. The van der Waals surface area contributed by atoms with E-state index in [0.29, 0.717) is 49.2 Å². The van der Waals surface area contributed by atoms with E-state index in [4.69, 9.17) is 0 Å². The molecule has 0 spiro atoms. The van der Waals surface area contributed by atoms with Gasteiger partial charge in [-0.25, -0.2) is 4.79 Å². The first kappa shape index (κ1) is 24.4. The molecule has 0 bridgehead atoms. The first-order valence-corrected chi connectivity index (χ1v) is 11.1. The van der Waals surface area contributed by atoms with Crippen LogP contribution in [0.3, 0.4) is 0 Å².